The van der Waals surface area contributed by atoms with Gasteiger partial charge in [-0.3, -0.25) is 4.79 Å². The van der Waals surface area contributed by atoms with E-state index in [9.17, 15) is 4.79 Å². The average Bonchev–Trinajstić information content (AvgIpc) is 2.59. The molecule has 0 unspecified atom stereocenters. The van der Waals surface area contributed by atoms with Crippen LogP contribution in [0.2, 0.25) is 0 Å². The Kier molecular flexibility index (Phi) is 4.96. The van der Waals surface area contributed by atoms with Crippen molar-refractivity contribution in [2.75, 3.05) is 33.9 Å². The van der Waals surface area contributed by atoms with Gasteiger partial charge in [-0.15, -0.1) is 0 Å². The maximum atomic E-state index is 12.5. The first-order chi connectivity index (χ1) is 11.6. The number of ketones is 1. The summed E-state index contributed by atoms with van der Waals surface area (Å²) in [6.45, 7) is 1.82. The van der Waals surface area contributed by atoms with E-state index in [4.69, 9.17) is 9.47 Å². The lowest BCUT2D eigenvalue weighted by atomic mass is 9.98. The van der Waals surface area contributed by atoms with Crippen LogP contribution in [0.25, 0.3) is 6.08 Å². The van der Waals surface area contributed by atoms with Crippen molar-refractivity contribution in [3.8, 4) is 11.5 Å². The van der Waals surface area contributed by atoms with Crippen molar-refractivity contribution < 1.29 is 14.3 Å². The normalized spacial score (nSPS) is 15.3. The molecule has 0 saturated carbocycles. The van der Waals surface area contributed by atoms with E-state index in [2.05, 4.69) is 4.90 Å². The van der Waals surface area contributed by atoms with Crippen LogP contribution in [0.1, 0.15) is 15.9 Å². The average molecular weight is 323 g/mol. The number of Topliss-reactive ketones (excluding diaryl/α,β-unsaturated/α-hetero) is 1. The van der Waals surface area contributed by atoms with Gasteiger partial charge >= 0.3 is 0 Å². The second kappa shape index (κ2) is 7.32. The van der Waals surface area contributed by atoms with E-state index in [0.717, 1.165) is 17.9 Å². The lowest BCUT2D eigenvalue weighted by molar-refractivity contribution is 0.100. The predicted octanol–water partition coefficient (Wildman–Crippen LogP) is 3.29. The Bertz CT molecular complexity index is 748. The van der Waals surface area contributed by atoms with E-state index in [1.165, 1.54) is 0 Å². The SMILES string of the molecule is CN(C)CCOc1ccc(/C=C2\COc3ccccc3C2=O)cc1. The Labute approximate surface area is 142 Å². The van der Waals surface area contributed by atoms with Crippen molar-refractivity contribution >= 4 is 11.9 Å². The van der Waals surface area contributed by atoms with Gasteiger partial charge in [-0.1, -0.05) is 24.3 Å². The molecule has 0 atom stereocenters. The van der Waals surface area contributed by atoms with Crippen molar-refractivity contribution in [3.05, 3.63) is 65.2 Å². The summed E-state index contributed by atoms with van der Waals surface area (Å²) < 4.78 is 11.3. The van der Waals surface area contributed by atoms with Crippen LogP contribution in [0.3, 0.4) is 0 Å². The molecule has 1 aliphatic rings. The first-order valence-electron chi connectivity index (χ1n) is 7.98. The Morgan fingerprint density at radius 3 is 2.62 bits per heavy atom. The maximum Gasteiger partial charge on any atom is 0.196 e. The number of para-hydroxylation sites is 1. The van der Waals surface area contributed by atoms with E-state index in [1.54, 1.807) is 6.07 Å². The number of hydrogen-bond donors (Lipinski definition) is 0. The molecular weight excluding hydrogens is 302 g/mol. The van der Waals surface area contributed by atoms with Gasteiger partial charge in [0.25, 0.3) is 0 Å². The predicted molar refractivity (Wildman–Crippen MR) is 94.7 cm³/mol. The summed E-state index contributed by atoms with van der Waals surface area (Å²) in [7, 11) is 4.03. The second-order valence-corrected chi connectivity index (χ2v) is 6.00. The van der Waals surface area contributed by atoms with Crippen LogP contribution in [0.5, 0.6) is 11.5 Å². The van der Waals surface area contributed by atoms with E-state index in [1.807, 2.05) is 62.6 Å². The molecule has 0 spiro atoms. The highest BCUT2D eigenvalue weighted by Crippen LogP contribution is 2.27. The van der Waals surface area contributed by atoms with Gasteiger partial charge in [-0.2, -0.15) is 0 Å². The fraction of sp³-hybridized carbons (Fsp3) is 0.250. The van der Waals surface area contributed by atoms with Crippen LogP contribution in [0, 0.1) is 0 Å². The van der Waals surface area contributed by atoms with Gasteiger partial charge in [0.05, 0.1) is 5.56 Å². The number of hydrogen-bond acceptors (Lipinski definition) is 4. The zero-order valence-electron chi connectivity index (χ0n) is 14.0. The molecule has 0 saturated heterocycles. The molecule has 0 radical (unpaired) electrons. The Morgan fingerprint density at radius 1 is 1.12 bits per heavy atom. The molecule has 0 aromatic heterocycles. The molecule has 0 aliphatic carbocycles. The van der Waals surface area contributed by atoms with Crippen LogP contribution in [0.4, 0.5) is 0 Å². The Hall–Kier alpha value is -2.59. The molecule has 4 heteroatoms. The number of fused-ring (bicyclic) bond motifs is 1. The van der Waals surface area contributed by atoms with Crippen molar-refractivity contribution in [2.45, 2.75) is 0 Å². The van der Waals surface area contributed by atoms with Crippen LogP contribution in [-0.2, 0) is 0 Å². The molecule has 0 fully saturated rings. The van der Waals surface area contributed by atoms with Crippen LogP contribution < -0.4 is 9.47 Å². The molecule has 0 amide bonds. The smallest absolute Gasteiger partial charge is 0.196 e. The van der Waals surface area contributed by atoms with Crippen molar-refractivity contribution in [2.24, 2.45) is 0 Å². The third-order valence-corrected chi connectivity index (χ3v) is 3.83. The largest absolute Gasteiger partial charge is 0.492 e. The van der Waals surface area contributed by atoms with E-state index < -0.39 is 0 Å². The van der Waals surface area contributed by atoms with Gasteiger partial charge in [0.15, 0.2) is 5.78 Å². The Morgan fingerprint density at radius 2 is 1.88 bits per heavy atom. The van der Waals surface area contributed by atoms with Gasteiger partial charge in [-0.25, -0.2) is 0 Å². The fourth-order valence-electron chi connectivity index (χ4n) is 2.49. The number of carbonyl (C=O) groups excluding carboxylic acids is 1. The van der Waals surface area contributed by atoms with Crippen LogP contribution in [0.15, 0.2) is 54.1 Å². The molecular formula is C20H21NO3. The maximum absolute atomic E-state index is 12.5. The summed E-state index contributed by atoms with van der Waals surface area (Å²) in [6.07, 6.45) is 1.88. The number of nitrogens with zero attached hydrogens (tertiary/aromatic N) is 1. The molecule has 0 bridgehead atoms. The standard InChI is InChI=1S/C20H21NO3/c1-21(2)11-12-23-17-9-7-15(8-10-17)13-16-14-24-19-6-4-3-5-18(19)20(16)22/h3-10,13H,11-12,14H2,1-2H3/b16-13+. The highest BCUT2D eigenvalue weighted by molar-refractivity contribution is 6.14. The minimum absolute atomic E-state index is 0.0307. The zero-order valence-corrected chi connectivity index (χ0v) is 14.0. The quantitative estimate of drug-likeness (QED) is 0.792. The minimum atomic E-state index is 0.0307. The summed E-state index contributed by atoms with van der Waals surface area (Å²) in [4.78, 5) is 14.6. The van der Waals surface area contributed by atoms with Gasteiger partial charge in [0, 0.05) is 12.1 Å². The van der Waals surface area contributed by atoms with Gasteiger partial charge in [0.1, 0.15) is 24.7 Å². The van der Waals surface area contributed by atoms with Crippen molar-refractivity contribution in [3.63, 3.8) is 0 Å². The van der Waals surface area contributed by atoms with Gasteiger partial charge in [-0.05, 0) is 50.0 Å². The van der Waals surface area contributed by atoms with E-state index in [0.29, 0.717) is 30.1 Å². The first kappa shape index (κ1) is 16.3. The molecule has 4 nitrogen and oxygen atoms in total. The molecule has 124 valence electrons. The van der Waals surface area contributed by atoms with Crippen molar-refractivity contribution in [1.82, 2.24) is 4.90 Å². The van der Waals surface area contributed by atoms with Crippen LogP contribution >= 0.6 is 0 Å². The molecule has 0 N–H and O–H groups in total. The highest BCUT2D eigenvalue weighted by Gasteiger charge is 2.22. The lowest BCUT2D eigenvalue weighted by Gasteiger charge is -2.18. The number of benzene rings is 2. The third-order valence-electron chi connectivity index (χ3n) is 3.83. The zero-order chi connectivity index (χ0) is 16.9. The summed E-state index contributed by atoms with van der Waals surface area (Å²) in [5.41, 5.74) is 2.25. The monoisotopic (exact) mass is 323 g/mol. The number of likely N-dealkylation sites (N-methyl/N-ethyl adjacent to an activating group) is 1. The summed E-state index contributed by atoms with van der Waals surface area (Å²) in [5.74, 6) is 1.52. The summed E-state index contributed by atoms with van der Waals surface area (Å²) >= 11 is 0. The molecule has 1 aliphatic heterocycles. The number of ether oxygens (including phenoxy) is 2. The van der Waals surface area contributed by atoms with E-state index in [-0.39, 0.29) is 5.78 Å². The van der Waals surface area contributed by atoms with Gasteiger partial charge < -0.3 is 14.4 Å². The number of carbonyl (C=O) groups is 1. The van der Waals surface area contributed by atoms with E-state index >= 15 is 0 Å². The highest BCUT2D eigenvalue weighted by atomic mass is 16.5. The molecule has 1 heterocycles. The second-order valence-electron chi connectivity index (χ2n) is 6.00. The van der Waals surface area contributed by atoms with Crippen LogP contribution in [-0.4, -0.2) is 44.5 Å². The molecule has 24 heavy (non-hydrogen) atoms. The van der Waals surface area contributed by atoms with Crippen molar-refractivity contribution in [1.29, 1.82) is 0 Å². The summed E-state index contributed by atoms with van der Waals surface area (Å²) in [5, 5.41) is 0. The third kappa shape index (κ3) is 3.84. The fourth-order valence-corrected chi connectivity index (χ4v) is 2.49. The molecule has 2 aromatic carbocycles. The summed E-state index contributed by atoms with van der Waals surface area (Å²) in [6, 6.07) is 15.1. The topological polar surface area (TPSA) is 38.8 Å². The molecule has 3 rings (SSSR count). The number of rotatable bonds is 5. The molecule has 2 aromatic rings. The Balaban J connectivity index is 1.69. The first-order valence-corrected chi connectivity index (χ1v) is 7.98. The van der Waals surface area contributed by atoms with Gasteiger partial charge in [0.2, 0.25) is 0 Å². The lowest BCUT2D eigenvalue weighted by Crippen LogP contribution is -2.19. The minimum Gasteiger partial charge on any atom is -0.492 e.